The van der Waals surface area contributed by atoms with E-state index in [1.165, 1.54) is 24.4 Å². The molecule has 0 aliphatic heterocycles. The summed E-state index contributed by atoms with van der Waals surface area (Å²) < 4.78 is 26.5. The van der Waals surface area contributed by atoms with Crippen LogP contribution in [0.1, 0.15) is 21.5 Å². The van der Waals surface area contributed by atoms with Crippen molar-refractivity contribution < 1.29 is 13.6 Å². The average molecular weight is 367 g/mol. The molecule has 0 saturated heterocycles. The molecule has 0 aliphatic carbocycles. The summed E-state index contributed by atoms with van der Waals surface area (Å²) in [5.74, 6) is -0.820. The molecule has 1 heterocycles. The van der Waals surface area contributed by atoms with Crippen molar-refractivity contribution in [1.29, 1.82) is 0 Å². The lowest BCUT2D eigenvalue weighted by atomic mass is 10.1. The molecule has 0 fully saturated rings. The summed E-state index contributed by atoms with van der Waals surface area (Å²) in [4.78, 5) is 16.3. The van der Waals surface area contributed by atoms with Crippen molar-refractivity contribution in [3.05, 3.63) is 95.3 Å². The molecule has 0 bridgehead atoms. The summed E-state index contributed by atoms with van der Waals surface area (Å²) in [5.41, 5.74) is 2.52. The van der Waals surface area contributed by atoms with E-state index < -0.39 is 0 Å². The van der Waals surface area contributed by atoms with Crippen LogP contribution < -0.4 is 10.6 Å². The number of hydrogen-bond donors (Lipinski definition) is 2. The lowest BCUT2D eigenvalue weighted by Gasteiger charge is -2.09. The van der Waals surface area contributed by atoms with E-state index in [4.69, 9.17) is 0 Å². The summed E-state index contributed by atoms with van der Waals surface area (Å²) in [6.07, 6.45) is 3.60. The van der Waals surface area contributed by atoms with Crippen LogP contribution in [-0.4, -0.2) is 17.4 Å². The predicted molar refractivity (Wildman–Crippen MR) is 100 cm³/mol. The van der Waals surface area contributed by atoms with Crippen LogP contribution in [0.2, 0.25) is 0 Å². The second-order valence-electron chi connectivity index (χ2n) is 6.04. The van der Waals surface area contributed by atoms with Crippen molar-refractivity contribution in [3.8, 4) is 0 Å². The second kappa shape index (κ2) is 8.89. The third-order valence-corrected chi connectivity index (χ3v) is 4.05. The number of amides is 1. The van der Waals surface area contributed by atoms with Crippen LogP contribution in [0.3, 0.4) is 0 Å². The van der Waals surface area contributed by atoms with Crippen LogP contribution in [0, 0.1) is 11.6 Å². The molecule has 0 aliphatic rings. The minimum absolute atomic E-state index is 0.230. The Morgan fingerprint density at radius 2 is 1.78 bits per heavy atom. The lowest BCUT2D eigenvalue weighted by molar-refractivity contribution is 0.0950. The molecule has 3 aromatic rings. The van der Waals surface area contributed by atoms with E-state index in [0.29, 0.717) is 36.3 Å². The van der Waals surface area contributed by atoms with Crippen LogP contribution in [0.5, 0.6) is 0 Å². The molecular formula is C21H19F2N3O. The zero-order chi connectivity index (χ0) is 19.1. The Labute approximate surface area is 156 Å². The number of pyridine rings is 1. The Morgan fingerprint density at radius 1 is 1.00 bits per heavy atom. The highest BCUT2D eigenvalue weighted by molar-refractivity contribution is 5.94. The van der Waals surface area contributed by atoms with E-state index in [2.05, 4.69) is 15.6 Å². The zero-order valence-corrected chi connectivity index (χ0v) is 14.6. The van der Waals surface area contributed by atoms with Gasteiger partial charge in [0.1, 0.15) is 11.6 Å². The second-order valence-corrected chi connectivity index (χ2v) is 6.04. The van der Waals surface area contributed by atoms with Gasteiger partial charge in [-0.2, -0.15) is 0 Å². The maximum Gasteiger partial charge on any atom is 0.253 e. The Balaban J connectivity index is 1.53. The first-order valence-electron chi connectivity index (χ1n) is 8.57. The molecule has 0 spiro atoms. The smallest absolute Gasteiger partial charge is 0.253 e. The van der Waals surface area contributed by atoms with E-state index in [0.717, 1.165) is 5.56 Å². The van der Waals surface area contributed by atoms with Gasteiger partial charge in [0, 0.05) is 25.5 Å². The van der Waals surface area contributed by atoms with Crippen molar-refractivity contribution >= 4 is 11.6 Å². The summed E-state index contributed by atoms with van der Waals surface area (Å²) in [6, 6.07) is 14.3. The fraction of sp³-hybridized carbons (Fsp3) is 0.143. The number of aromatic nitrogens is 1. The maximum atomic E-state index is 13.6. The van der Waals surface area contributed by atoms with Gasteiger partial charge in [-0.15, -0.1) is 0 Å². The molecule has 27 heavy (non-hydrogen) atoms. The fourth-order valence-electron chi connectivity index (χ4n) is 2.59. The maximum absolute atomic E-state index is 13.6. The van der Waals surface area contributed by atoms with Crippen molar-refractivity contribution in [1.82, 2.24) is 10.3 Å². The molecule has 2 aromatic carbocycles. The third kappa shape index (κ3) is 5.34. The van der Waals surface area contributed by atoms with Gasteiger partial charge in [-0.1, -0.05) is 30.3 Å². The molecule has 6 heteroatoms. The standard InChI is InChI=1S/C21H19F2N3O/c22-18-7-5-15(6-8-18)12-26-21(27)17-11-19(14-24-13-17)25-10-9-16-3-1-2-4-20(16)23/h1-8,11,13-14,25H,9-10,12H2,(H,26,27). The summed E-state index contributed by atoms with van der Waals surface area (Å²) in [6.45, 7) is 0.813. The van der Waals surface area contributed by atoms with Crippen molar-refractivity contribution in [3.63, 3.8) is 0 Å². The molecule has 0 unspecified atom stereocenters. The Morgan fingerprint density at radius 3 is 2.56 bits per heavy atom. The summed E-state index contributed by atoms with van der Waals surface area (Å²) in [7, 11) is 0. The van der Waals surface area contributed by atoms with Crippen LogP contribution in [-0.2, 0) is 13.0 Å². The zero-order valence-electron chi connectivity index (χ0n) is 14.6. The molecule has 1 amide bonds. The molecular weight excluding hydrogens is 348 g/mol. The van der Waals surface area contributed by atoms with E-state index in [9.17, 15) is 13.6 Å². The van der Waals surface area contributed by atoms with E-state index >= 15 is 0 Å². The van der Waals surface area contributed by atoms with Gasteiger partial charge in [0.05, 0.1) is 11.3 Å². The van der Waals surface area contributed by atoms with Gasteiger partial charge in [-0.25, -0.2) is 8.78 Å². The first-order chi connectivity index (χ1) is 13.1. The number of nitrogens with zero attached hydrogens (tertiary/aromatic N) is 1. The van der Waals surface area contributed by atoms with Crippen LogP contribution >= 0.6 is 0 Å². The quantitative estimate of drug-likeness (QED) is 0.665. The predicted octanol–water partition coefficient (Wildman–Crippen LogP) is 3.94. The highest BCUT2D eigenvalue weighted by atomic mass is 19.1. The number of nitrogens with one attached hydrogen (secondary N) is 2. The number of anilines is 1. The van der Waals surface area contributed by atoms with Crippen molar-refractivity contribution in [2.24, 2.45) is 0 Å². The minimum atomic E-state index is -0.316. The van der Waals surface area contributed by atoms with Gasteiger partial charge in [0.15, 0.2) is 0 Å². The molecule has 0 atom stereocenters. The summed E-state index contributed by atoms with van der Waals surface area (Å²) in [5, 5.41) is 5.92. The normalized spacial score (nSPS) is 10.4. The number of benzene rings is 2. The molecule has 3 rings (SSSR count). The number of rotatable bonds is 7. The first-order valence-corrected chi connectivity index (χ1v) is 8.57. The molecule has 0 saturated carbocycles. The molecule has 2 N–H and O–H groups in total. The SMILES string of the molecule is O=C(NCc1ccc(F)cc1)c1cncc(NCCc2ccccc2F)c1. The van der Waals surface area contributed by atoms with Gasteiger partial charge in [0.2, 0.25) is 0 Å². The monoisotopic (exact) mass is 367 g/mol. The Bertz CT molecular complexity index is 913. The van der Waals surface area contributed by atoms with Crippen LogP contribution in [0.4, 0.5) is 14.5 Å². The van der Waals surface area contributed by atoms with Crippen molar-refractivity contribution in [2.45, 2.75) is 13.0 Å². The molecule has 1 aromatic heterocycles. The minimum Gasteiger partial charge on any atom is -0.383 e. The fourth-order valence-corrected chi connectivity index (χ4v) is 2.59. The average Bonchev–Trinajstić information content (AvgIpc) is 2.69. The number of carbonyl (C=O) groups excluding carboxylic acids is 1. The van der Waals surface area contributed by atoms with E-state index in [-0.39, 0.29) is 17.5 Å². The Hall–Kier alpha value is -3.28. The number of halogens is 2. The third-order valence-electron chi connectivity index (χ3n) is 4.05. The topological polar surface area (TPSA) is 54.0 Å². The lowest BCUT2D eigenvalue weighted by Crippen LogP contribution is -2.23. The van der Waals surface area contributed by atoms with Gasteiger partial charge in [0.25, 0.3) is 5.91 Å². The number of hydrogen-bond acceptors (Lipinski definition) is 3. The number of carbonyl (C=O) groups is 1. The van der Waals surface area contributed by atoms with E-state index in [1.807, 2.05) is 0 Å². The van der Waals surface area contributed by atoms with Gasteiger partial charge in [-0.05, 0) is 41.8 Å². The van der Waals surface area contributed by atoms with Gasteiger partial charge >= 0.3 is 0 Å². The van der Waals surface area contributed by atoms with Crippen molar-refractivity contribution in [2.75, 3.05) is 11.9 Å². The van der Waals surface area contributed by atoms with Gasteiger partial charge in [-0.3, -0.25) is 9.78 Å². The van der Waals surface area contributed by atoms with E-state index in [1.54, 1.807) is 42.6 Å². The molecule has 138 valence electrons. The highest BCUT2D eigenvalue weighted by Gasteiger charge is 2.07. The van der Waals surface area contributed by atoms with Crippen LogP contribution in [0.15, 0.2) is 67.0 Å². The summed E-state index contributed by atoms with van der Waals surface area (Å²) >= 11 is 0. The highest BCUT2D eigenvalue weighted by Crippen LogP contribution is 2.11. The first kappa shape index (κ1) is 18.5. The molecule has 4 nitrogen and oxygen atoms in total. The largest absolute Gasteiger partial charge is 0.383 e. The molecule has 0 radical (unpaired) electrons. The van der Waals surface area contributed by atoms with Gasteiger partial charge < -0.3 is 10.6 Å². The van der Waals surface area contributed by atoms with Crippen LogP contribution in [0.25, 0.3) is 0 Å². The Kier molecular flexibility index (Phi) is 6.10.